The highest BCUT2D eigenvalue weighted by Gasteiger charge is 2.44. The molecule has 7 nitrogen and oxygen atoms in total. The fourth-order valence-electron chi connectivity index (χ4n) is 4.33. The minimum Gasteiger partial charge on any atom is -0.465 e. The fourth-order valence-corrected chi connectivity index (χ4v) is 5.01. The Bertz CT molecular complexity index is 903. The van der Waals surface area contributed by atoms with Crippen LogP contribution in [0.3, 0.4) is 0 Å². The highest BCUT2D eigenvalue weighted by atomic mass is 127. The zero-order chi connectivity index (χ0) is 20.4. The van der Waals surface area contributed by atoms with Gasteiger partial charge in [0.25, 0.3) is 3.84 Å². The molecular weight excluding hydrogens is 481 g/mol. The fraction of sp³-hybridized carbons (Fsp3) is 0.381. The van der Waals surface area contributed by atoms with E-state index in [1.165, 1.54) is 0 Å². The third-order valence-corrected chi connectivity index (χ3v) is 7.00. The summed E-state index contributed by atoms with van der Waals surface area (Å²) in [6, 6.07) is 9.77. The molecule has 0 spiro atoms. The summed E-state index contributed by atoms with van der Waals surface area (Å²) in [5, 5.41) is 9.64. The average molecular weight is 506 g/mol. The monoisotopic (exact) mass is 506 g/mol. The van der Waals surface area contributed by atoms with Crippen molar-refractivity contribution in [3.63, 3.8) is 0 Å². The number of fused-ring (bicyclic) bond motifs is 1. The Kier molecular flexibility index (Phi) is 5.84. The van der Waals surface area contributed by atoms with E-state index >= 15 is 0 Å². The third-order valence-electron chi connectivity index (χ3n) is 5.96. The van der Waals surface area contributed by atoms with Crippen LogP contribution in [0, 0.1) is 11.8 Å². The molecule has 2 aliphatic heterocycles. The van der Waals surface area contributed by atoms with Crippen LogP contribution in [0.25, 0.3) is 0 Å². The molecule has 1 aliphatic carbocycles. The van der Waals surface area contributed by atoms with E-state index in [0.717, 1.165) is 46.5 Å². The van der Waals surface area contributed by atoms with Crippen molar-refractivity contribution in [1.29, 1.82) is 0 Å². The van der Waals surface area contributed by atoms with Crippen molar-refractivity contribution in [3.05, 3.63) is 59.7 Å². The molecule has 1 atom stereocenters. The van der Waals surface area contributed by atoms with Gasteiger partial charge in [-0.2, -0.15) is 10.8 Å². The molecule has 1 fully saturated rings. The maximum atomic E-state index is 11.7. The van der Waals surface area contributed by atoms with Gasteiger partial charge >= 0.3 is 6.09 Å². The molecule has 152 valence electrons. The SMILES string of the molecule is N[N+]12C=CN=CC1=C(C1CCC(CN(Cc3ccccc3)C(=O)O)CC1)N=C2I. The predicted molar refractivity (Wildman–Crippen MR) is 121 cm³/mol. The van der Waals surface area contributed by atoms with E-state index in [1.807, 2.05) is 42.7 Å². The van der Waals surface area contributed by atoms with E-state index < -0.39 is 6.09 Å². The van der Waals surface area contributed by atoms with Crippen LogP contribution in [-0.4, -0.2) is 37.3 Å². The lowest BCUT2D eigenvalue weighted by Gasteiger charge is -2.32. The van der Waals surface area contributed by atoms with Crippen LogP contribution in [0.4, 0.5) is 4.79 Å². The highest BCUT2D eigenvalue weighted by molar-refractivity contribution is 14.1. The number of quaternary nitrogens is 1. The molecule has 3 aliphatic rings. The molecule has 1 aromatic rings. The first-order valence-electron chi connectivity index (χ1n) is 9.87. The van der Waals surface area contributed by atoms with E-state index in [0.29, 0.717) is 24.9 Å². The van der Waals surface area contributed by atoms with Crippen LogP contribution in [0.2, 0.25) is 0 Å². The van der Waals surface area contributed by atoms with Gasteiger partial charge in [-0.3, -0.25) is 4.99 Å². The summed E-state index contributed by atoms with van der Waals surface area (Å²) in [6.45, 7) is 1.01. The molecule has 0 radical (unpaired) electrons. The smallest absolute Gasteiger partial charge is 0.407 e. The van der Waals surface area contributed by atoms with E-state index in [1.54, 1.807) is 11.1 Å². The van der Waals surface area contributed by atoms with Crippen molar-refractivity contribution in [2.45, 2.75) is 32.2 Å². The normalized spacial score (nSPS) is 28.3. The Balaban J connectivity index is 1.39. The molecule has 3 N–H and O–H groups in total. The van der Waals surface area contributed by atoms with Gasteiger partial charge in [0.1, 0.15) is 11.9 Å². The summed E-state index contributed by atoms with van der Waals surface area (Å²) in [4.78, 5) is 22.3. The molecule has 4 rings (SSSR count). The second-order valence-electron chi connectivity index (χ2n) is 7.87. The first kappa shape index (κ1) is 20.2. The number of rotatable bonds is 5. The van der Waals surface area contributed by atoms with E-state index in [2.05, 4.69) is 27.6 Å². The van der Waals surface area contributed by atoms with Gasteiger partial charge in [-0.25, -0.2) is 4.79 Å². The molecule has 8 heteroatoms. The molecule has 1 amide bonds. The lowest BCUT2D eigenvalue weighted by molar-refractivity contribution is -0.745. The number of benzene rings is 1. The van der Waals surface area contributed by atoms with Crippen molar-refractivity contribution in [2.75, 3.05) is 6.54 Å². The Morgan fingerprint density at radius 1 is 1.24 bits per heavy atom. The van der Waals surface area contributed by atoms with Crippen LogP contribution in [0.15, 0.2) is 64.1 Å². The van der Waals surface area contributed by atoms with Crippen LogP contribution < -0.4 is 5.84 Å². The number of nitrogens with zero attached hydrogens (tertiary/aromatic N) is 4. The van der Waals surface area contributed by atoms with E-state index in [-0.39, 0.29) is 4.59 Å². The molecule has 0 aromatic heterocycles. The molecule has 0 saturated heterocycles. The molecular formula is C21H25IN5O2+. The van der Waals surface area contributed by atoms with Gasteiger partial charge in [-0.05, 0) is 37.2 Å². The zero-order valence-electron chi connectivity index (χ0n) is 16.1. The summed E-state index contributed by atoms with van der Waals surface area (Å²) in [6.07, 6.45) is 8.50. The summed E-state index contributed by atoms with van der Waals surface area (Å²) in [5.41, 5.74) is 3.02. The number of amides is 1. The van der Waals surface area contributed by atoms with Gasteiger partial charge in [0.2, 0.25) is 5.70 Å². The average Bonchev–Trinajstić information content (AvgIpc) is 3.00. The minimum absolute atomic E-state index is 0.114. The van der Waals surface area contributed by atoms with Gasteiger partial charge in [0.15, 0.2) is 0 Å². The molecule has 29 heavy (non-hydrogen) atoms. The molecule has 1 unspecified atom stereocenters. The van der Waals surface area contributed by atoms with E-state index in [4.69, 9.17) is 10.8 Å². The number of carboxylic acid groups (broad SMARTS) is 1. The third kappa shape index (κ3) is 4.15. The quantitative estimate of drug-likeness (QED) is 0.271. The second-order valence-corrected chi connectivity index (χ2v) is 8.84. The van der Waals surface area contributed by atoms with Crippen molar-refractivity contribution < 1.29 is 14.5 Å². The highest BCUT2D eigenvalue weighted by Crippen LogP contribution is 2.41. The van der Waals surface area contributed by atoms with Crippen LogP contribution in [0.1, 0.15) is 31.2 Å². The maximum Gasteiger partial charge on any atom is 0.407 e. The second kappa shape index (κ2) is 8.37. The van der Waals surface area contributed by atoms with Crippen LogP contribution in [0.5, 0.6) is 0 Å². The number of aliphatic imine (C=N–C) groups is 2. The van der Waals surface area contributed by atoms with Gasteiger partial charge in [-0.1, -0.05) is 30.3 Å². The van der Waals surface area contributed by atoms with E-state index in [9.17, 15) is 9.90 Å². The van der Waals surface area contributed by atoms with Crippen LogP contribution >= 0.6 is 22.6 Å². The van der Waals surface area contributed by atoms with Gasteiger partial charge < -0.3 is 10.0 Å². The lowest BCUT2D eigenvalue weighted by Crippen LogP contribution is -2.50. The first-order valence-corrected chi connectivity index (χ1v) is 10.9. The number of hydrogen-bond acceptors (Lipinski definition) is 4. The number of amidine groups is 1. The molecule has 1 aromatic carbocycles. The number of nitrogens with two attached hydrogens (primary N) is 1. The van der Waals surface area contributed by atoms with Crippen LogP contribution in [-0.2, 0) is 6.54 Å². The Hall–Kier alpha value is -2.04. The molecule has 2 heterocycles. The number of allylic oxidation sites excluding steroid dienone is 2. The summed E-state index contributed by atoms with van der Waals surface area (Å²) in [7, 11) is 0. The summed E-state index contributed by atoms with van der Waals surface area (Å²) >= 11 is 2.20. The minimum atomic E-state index is -0.855. The summed E-state index contributed by atoms with van der Waals surface area (Å²) in [5.74, 6) is 7.22. The largest absolute Gasteiger partial charge is 0.465 e. The van der Waals surface area contributed by atoms with Crippen molar-refractivity contribution in [3.8, 4) is 0 Å². The molecule has 1 saturated carbocycles. The number of carbonyl (C=O) groups is 1. The van der Waals surface area contributed by atoms with Crippen molar-refractivity contribution >= 4 is 38.7 Å². The summed E-state index contributed by atoms with van der Waals surface area (Å²) < 4.78 is 0.945. The maximum absolute atomic E-state index is 11.7. The predicted octanol–water partition coefficient (Wildman–Crippen LogP) is 4.24. The van der Waals surface area contributed by atoms with Gasteiger partial charge in [0, 0.05) is 19.0 Å². The topological polar surface area (TPSA) is 91.3 Å². The first-order chi connectivity index (χ1) is 14.0. The zero-order valence-corrected chi connectivity index (χ0v) is 18.3. The lowest BCUT2D eigenvalue weighted by atomic mass is 9.80. The number of halogens is 1. The standard InChI is InChI=1S/C21H24IN5O2/c22-20-25-19(18-12-24-10-11-27(18,20)23)17-8-6-16(7-9-17)14-26(21(28)29)13-15-4-2-1-3-5-15/h1-5,10-12,16-17H,6-9,13-14,23H2/p+1. The van der Waals surface area contributed by atoms with Crippen molar-refractivity contribution in [2.24, 2.45) is 27.7 Å². The Morgan fingerprint density at radius 2 is 1.97 bits per heavy atom. The van der Waals surface area contributed by atoms with Gasteiger partial charge in [0.05, 0.1) is 35.0 Å². The Labute approximate surface area is 184 Å². The number of hydrogen-bond donors (Lipinski definition) is 2. The Morgan fingerprint density at radius 3 is 2.66 bits per heavy atom. The molecule has 0 bridgehead atoms. The van der Waals surface area contributed by atoms with Gasteiger partial charge in [-0.15, -0.1) is 4.59 Å². The van der Waals surface area contributed by atoms with Crippen molar-refractivity contribution in [1.82, 2.24) is 4.90 Å².